The topological polar surface area (TPSA) is 46.6 Å². The molecule has 1 heterocycles. The molecule has 0 spiro atoms. The average molecular weight is 536 g/mol. The quantitative estimate of drug-likeness (QED) is 0.287. The molecule has 1 unspecified atom stereocenters. The maximum atomic E-state index is 13.4. The molecule has 0 N–H and O–H groups in total. The van der Waals surface area contributed by atoms with E-state index in [0.717, 1.165) is 12.1 Å². The van der Waals surface area contributed by atoms with Crippen molar-refractivity contribution in [3.63, 3.8) is 0 Å². The van der Waals surface area contributed by atoms with Gasteiger partial charge in [0.25, 0.3) is 5.91 Å². The van der Waals surface area contributed by atoms with Crippen molar-refractivity contribution in [3.8, 4) is 0 Å². The molecule has 1 fully saturated rings. The largest absolute Gasteiger partial charge is 0.416 e. The summed E-state index contributed by atoms with van der Waals surface area (Å²) >= 11 is 0. The Balaban J connectivity index is 1.48. The van der Waals surface area contributed by atoms with Crippen molar-refractivity contribution in [2.24, 2.45) is 0 Å². The van der Waals surface area contributed by atoms with Crippen LogP contribution in [0.1, 0.15) is 28.4 Å². The predicted molar refractivity (Wildman–Crippen MR) is 130 cm³/mol. The van der Waals surface area contributed by atoms with E-state index in [1.54, 1.807) is 24.3 Å². The van der Waals surface area contributed by atoms with Gasteiger partial charge in [0.1, 0.15) is 22.6 Å². The number of benzene rings is 3. The van der Waals surface area contributed by atoms with Crippen LogP contribution in [-0.4, -0.2) is 40.5 Å². The van der Waals surface area contributed by atoms with Crippen LogP contribution in [-0.2, 0) is 26.5 Å². The van der Waals surface area contributed by atoms with Crippen LogP contribution in [0.5, 0.6) is 0 Å². The van der Waals surface area contributed by atoms with Crippen LogP contribution in [0.4, 0.5) is 22.0 Å². The van der Waals surface area contributed by atoms with E-state index in [1.807, 2.05) is 0 Å². The van der Waals surface area contributed by atoms with Gasteiger partial charge in [-0.3, -0.25) is 9.00 Å². The van der Waals surface area contributed by atoms with Gasteiger partial charge in [-0.1, -0.05) is 36.4 Å². The summed E-state index contributed by atoms with van der Waals surface area (Å²) < 4.78 is 84.5. The van der Waals surface area contributed by atoms with E-state index in [0.29, 0.717) is 11.1 Å². The fourth-order valence-electron chi connectivity index (χ4n) is 3.90. The van der Waals surface area contributed by atoms with Crippen molar-refractivity contribution in [1.29, 1.82) is 0 Å². The summed E-state index contributed by atoms with van der Waals surface area (Å²) in [7, 11) is -1.66. The number of halogens is 5. The second-order valence-corrected chi connectivity index (χ2v) is 9.87. The molecule has 0 aromatic heterocycles. The zero-order valence-electron chi connectivity index (χ0n) is 19.4. The standard InChI is InChI=1S/C27H22F5NO3S/c28-22-8-4-19(5-9-22)25(20-6-10-23(29)11-7-20)36-14-12-33-13-15-37(35)24(26(33)34)17-18-2-1-3-21(16-18)27(30,31)32/h1-11,16-17,25H,12-15H2. The zero-order chi connectivity index (χ0) is 26.6. The molecule has 1 amide bonds. The lowest BCUT2D eigenvalue weighted by atomic mass is 10.0. The Morgan fingerprint density at radius 3 is 2.11 bits per heavy atom. The Morgan fingerprint density at radius 1 is 0.946 bits per heavy atom. The van der Waals surface area contributed by atoms with Gasteiger partial charge in [0.2, 0.25) is 0 Å². The van der Waals surface area contributed by atoms with Crippen molar-refractivity contribution in [2.75, 3.05) is 25.4 Å². The van der Waals surface area contributed by atoms with E-state index in [2.05, 4.69) is 0 Å². The van der Waals surface area contributed by atoms with Gasteiger partial charge < -0.3 is 9.64 Å². The molecule has 1 saturated heterocycles. The van der Waals surface area contributed by atoms with Crippen molar-refractivity contribution >= 4 is 22.8 Å². The molecule has 1 aliphatic heterocycles. The predicted octanol–water partition coefficient (Wildman–Crippen LogP) is 5.72. The fourth-order valence-corrected chi connectivity index (χ4v) is 5.09. The molecular formula is C27H22F5NO3S. The first kappa shape index (κ1) is 26.7. The van der Waals surface area contributed by atoms with Crippen molar-refractivity contribution in [1.82, 2.24) is 4.90 Å². The minimum absolute atomic E-state index is 0.0502. The van der Waals surface area contributed by atoms with Gasteiger partial charge in [-0.25, -0.2) is 8.78 Å². The first-order valence-corrected chi connectivity index (χ1v) is 12.6. The average Bonchev–Trinajstić information content (AvgIpc) is 2.87. The first-order valence-electron chi connectivity index (χ1n) is 11.3. The lowest BCUT2D eigenvalue weighted by Crippen LogP contribution is -2.43. The number of alkyl halides is 3. The smallest absolute Gasteiger partial charge is 0.367 e. The van der Waals surface area contributed by atoms with Gasteiger partial charge >= 0.3 is 6.18 Å². The Morgan fingerprint density at radius 2 is 1.54 bits per heavy atom. The molecule has 0 aliphatic carbocycles. The minimum Gasteiger partial charge on any atom is -0.367 e. The van der Waals surface area contributed by atoms with E-state index >= 15 is 0 Å². The lowest BCUT2D eigenvalue weighted by Gasteiger charge is -2.29. The summed E-state index contributed by atoms with van der Waals surface area (Å²) in [6.07, 6.45) is -3.98. The summed E-state index contributed by atoms with van der Waals surface area (Å²) in [6, 6.07) is 15.8. The molecule has 0 saturated carbocycles. The number of carbonyl (C=O) groups is 1. The highest BCUT2D eigenvalue weighted by molar-refractivity contribution is 7.90. The number of rotatable bonds is 7. The third-order valence-electron chi connectivity index (χ3n) is 5.79. The summed E-state index contributed by atoms with van der Waals surface area (Å²) in [4.78, 5) is 14.4. The van der Waals surface area contributed by atoms with E-state index in [9.17, 15) is 31.0 Å². The monoisotopic (exact) mass is 535 g/mol. The van der Waals surface area contributed by atoms with Crippen LogP contribution in [0.25, 0.3) is 6.08 Å². The van der Waals surface area contributed by atoms with Gasteiger partial charge in [0.15, 0.2) is 0 Å². The van der Waals surface area contributed by atoms with Gasteiger partial charge in [-0.05, 0) is 59.2 Å². The van der Waals surface area contributed by atoms with Crippen molar-refractivity contribution in [2.45, 2.75) is 12.3 Å². The van der Waals surface area contributed by atoms with E-state index in [1.165, 1.54) is 47.4 Å². The second-order valence-electron chi connectivity index (χ2n) is 8.33. The maximum Gasteiger partial charge on any atom is 0.416 e. The van der Waals surface area contributed by atoms with Crippen molar-refractivity contribution < 1.29 is 35.7 Å². The zero-order valence-corrected chi connectivity index (χ0v) is 20.2. The number of nitrogens with zero attached hydrogens (tertiary/aromatic N) is 1. The molecule has 4 nitrogen and oxygen atoms in total. The molecule has 0 radical (unpaired) electrons. The van der Waals surface area contributed by atoms with E-state index < -0.39 is 46.2 Å². The number of ether oxygens (including phenoxy) is 1. The van der Waals surface area contributed by atoms with E-state index in [4.69, 9.17) is 4.74 Å². The number of amides is 1. The van der Waals surface area contributed by atoms with Crippen LogP contribution in [0, 0.1) is 11.6 Å². The summed E-state index contributed by atoms with van der Waals surface area (Å²) in [6.45, 7) is 0.357. The molecule has 3 aromatic carbocycles. The molecule has 4 rings (SSSR count). The molecule has 1 aliphatic rings. The van der Waals surface area contributed by atoms with Gasteiger partial charge in [0, 0.05) is 18.8 Å². The molecule has 3 aromatic rings. The molecule has 1 atom stereocenters. The van der Waals surface area contributed by atoms with Crippen LogP contribution >= 0.6 is 0 Å². The molecule has 194 valence electrons. The highest BCUT2D eigenvalue weighted by atomic mass is 32.2. The van der Waals surface area contributed by atoms with Gasteiger partial charge in [-0.15, -0.1) is 0 Å². The van der Waals surface area contributed by atoms with Crippen molar-refractivity contribution in [3.05, 3.63) is 112 Å². The SMILES string of the molecule is O=C1C(=Cc2cccc(C(F)(F)F)c2)S(=O)CCN1CCOC(c1ccc(F)cc1)c1ccc(F)cc1. The number of hydrogen-bond donors (Lipinski definition) is 0. The molecule has 37 heavy (non-hydrogen) atoms. The third-order valence-corrected chi connectivity index (χ3v) is 7.13. The summed E-state index contributed by atoms with van der Waals surface area (Å²) in [5, 5.41) is 0. The number of hydrogen-bond acceptors (Lipinski definition) is 3. The minimum atomic E-state index is -4.54. The lowest BCUT2D eigenvalue weighted by molar-refractivity contribution is -0.137. The first-order chi connectivity index (χ1) is 17.6. The molecule has 10 heteroatoms. The second kappa shape index (κ2) is 11.4. The van der Waals surface area contributed by atoms with Gasteiger partial charge in [0.05, 0.1) is 23.0 Å². The Labute approximate surface area is 212 Å². The van der Waals surface area contributed by atoms with E-state index in [-0.39, 0.29) is 35.9 Å². The summed E-state index contributed by atoms with van der Waals surface area (Å²) in [5.41, 5.74) is 0.513. The summed E-state index contributed by atoms with van der Waals surface area (Å²) in [5.74, 6) is -1.26. The Bertz CT molecular complexity index is 1260. The maximum absolute atomic E-state index is 13.4. The molecule has 0 bridgehead atoms. The Kier molecular flexibility index (Phi) is 8.19. The normalized spacial score (nSPS) is 17.6. The molecular weight excluding hydrogens is 513 g/mol. The Hall–Kier alpha value is -3.37. The van der Waals surface area contributed by atoms with Gasteiger partial charge in [-0.2, -0.15) is 13.2 Å². The highest BCUT2D eigenvalue weighted by Crippen LogP contribution is 2.31. The fraction of sp³-hybridized carbons (Fsp3) is 0.222. The van der Waals surface area contributed by atoms with Crippen LogP contribution in [0.15, 0.2) is 77.7 Å². The number of carbonyl (C=O) groups excluding carboxylic acids is 1. The highest BCUT2D eigenvalue weighted by Gasteiger charge is 2.31. The van der Waals surface area contributed by atoms with Crippen LogP contribution in [0.2, 0.25) is 0 Å². The van der Waals surface area contributed by atoms with Crippen LogP contribution in [0.3, 0.4) is 0 Å². The van der Waals surface area contributed by atoms with Crippen LogP contribution < -0.4 is 0 Å². The third kappa shape index (κ3) is 6.69.